The minimum atomic E-state index is -0.519. The molecule has 8 heavy (non-hydrogen) atoms. The standard InChI is InChI=1S/C2H2N2O2.ClH.H2O/c5-2-3-1-4-6-2;;/h1H,(H,3,4,5);1H;1H2. The van der Waals surface area contributed by atoms with Gasteiger partial charge in [-0.15, -0.1) is 12.4 Å². The average molecular weight is 141 g/mol. The second-order valence-corrected chi connectivity index (χ2v) is 0.758. The average Bonchev–Trinajstić information content (AvgIpc) is 1.86. The predicted molar refractivity (Wildman–Crippen MR) is 28.0 cm³/mol. The summed E-state index contributed by atoms with van der Waals surface area (Å²) in [5.74, 6) is -0.519. The lowest BCUT2D eigenvalue weighted by Crippen LogP contribution is -1.92. The number of nitrogens with one attached hydrogen (secondary N) is 1. The first-order chi connectivity index (χ1) is 2.89. The third kappa shape index (κ3) is 2.38. The lowest BCUT2D eigenvalue weighted by atomic mass is 11.3. The van der Waals surface area contributed by atoms with Crippen LogP contribution in [0.2, 0.25) is 0 Å². The molecule has 0 fully saturated rings. The fraction of sp³-hybridized carbons (Fsp3) is 0. The Hall–Kier alpha value is -0.810. The molecule has 0 aliphatic carbocycles. The lowest BCUT2D eigenvalue weighted by molar-refractivity contribution is 0.386. The molecule has 1 rings (SSSR count). The molecular weight excluding hydrogens is 135 g/mol. The van der Waals surface area contributed by atoms with Gasteiger partial charge in [0.05, 0.1) is 0 Å². The molecule has 0 saturated carbocycles. The van der Waals surface area contributed by atoms with E-state index < -0.39 is 5.76 Å². The fourth-order valence-electron chi connectivity index (χ4n) is 0.180. The van der Waals surface area contributed by atoms with Crippen LogP contribution < -0.4 is 5.76 Å². The van der Waals surface area contributed by atoms with Crippen molar-refractivity contribution >= 4 is 12.4 Å². The van der Waals surface area contributed by atoms with Gasteiger partial charge in [0.25, 0.3) is 0 Å². The van der Waals surface area contributed by atoms with Gasteiger partial charge in [0.1, 0.15) is 6.33 Å². The highest BCUT2D eigenvalue weighted by atomic mass is 35.5. The zero-order chi connectivity index (χ0) is 4.41. The summed E-state index contributed by atoms with van der Waals surface area (Å²) in [6, 6.07) is 0. The van der Waals surface area contributed by atoms with Gasteiger partial charge in [-0.1, -0.05) is 5.16 Å². The van der Waals surface area contributed by atoms with Crippen molar-refractivity contribution < 1.29 is 10.00 Å². The summed E-state index contributed by atoms with van der Waals surface area (Å²) in [5, 5.41) is 3.08. The van der Waals surface area contributed by atoms with Crippen molar-refractivity contribution in [3.63, 3.8) is 0 Å². The summed E-state index contributed by atoms with van der Waals surface area (Å²) >= 11 is 0. The van der Waals surface area contributed by atoms with Crippen molar-refractivity contribution in [1.82, 2.24) is 10.1 Å². The maximum absolute atomic E-state index is 9.78. The van der Waals surface area contributed by atoms with Gasteiger partial charge < -0.3 is 5.48 Å². The van der Waals surface area contributed by atoms with Gasteiger partial charge in [0.2, 0.25) is 0 Å². The van der Waals surface area contributed by atoms with Crippen molar-refractivity contribution in [3.8, 4) is 0 Å². The van der Waals surface area contributed by atoms with Crippen LogP contribution in [0.3, 0.4) is 0 Å². The van der Waals surface area contributed by atoms with Gasteiger partial charge in [0.15, 0.2) is 0 Å². The van der Waals surface area contributed by atoms with Crippen LogP contribution in [0.1, 0.15) is 0 Å². The highest BCUT2D eigenvalue weighted by molar-refractivity contribution is 5.85. The molecule has 0 unspecified atom stereocenters. The molecule has 0 aliphatic heterocycles. The van der Waals surface area contributed by atoms with Crippen molar-refractivity contribution in [2.45, 2.75) is 0 Å². The van der Waals surface area contributed by atoms with E-state index >= 15 is 0 Å². The molecule has 0 amide bonds. The molecule has 0 aromatic carbocycles. The Balaban J connectivity index is 0. The molecule has 0 bridgehead atoms. The number of aromatic nitrogens is 2. The highest BCUT2D eigenvalue weighted by Gasteiger charge is 1.74. The maximum atomic E-state index is 9.78. The first kappa shape index (κ1) is 10.2. The van der Waals surface area contributed by atoms with Crippen LogP contribution in [0.15, 0.2) is 15.6 Å². The van der Waals surface area contributed by atoms with E-state index in [0.717, 1.165) is 0 Å². The van der Waals surface area contributed by atoms with Crippen LogP contribution in [0.5, 0.6) is 0 Å². The van der Waals surface area contributed by atoms with E-state index in [2.05, 4.69) is 14.7 Å². The summed E-state index contributed by atoms with van der Waals surface area (Å²) < 4.78 is 3.97. The van der Waals surface area contributed by atoms with Gasteiger partial charge in [-0.25, -0.2) is 4.79 Å². The van der Waals surface area contributed by atoms with Crippen molar-refractivity contribution in [2.75, 3.05) is 0 Å². The smallest absolute Gasteiger partial charge is 0.412 e. The Morgan fingerprint density at radius 1 is 1.75 bits per heavy atom. The summed E-state index contributed by atoms with van der Waals surface area (Å²) in [7, 11) is 0. The molecule has 0 saturated heterocycles. The Bertz CT molecular complexity index is 153. The molecule has 48 valence electrons. The van der Waals surface area contributed by atoms with Crippen LogP contribution in [0.4, 0.5) is 0 Å². The van der Waals surface area contributed by atoms with Gasteiger partial charge in [-0.05, 0) is 0 Å². The molecule has 6 heteroatoms. The largest absolute Gasteiger partial charge is 0.438 e. The SMILES string of the molecule is Cl.O.O=c1[nH]cno1. The van der Waals surface area contributed by atoms with Crippen LogP contribution in [0.25, 0.3) is 0 Å². The Kier molecular flexibility index (Phi) is 5.56. The molecule has 0 spiro atoms. The zero-order valence-corrected chi connectivity index (χ0v) is 4.57. The van der Waals surface area contributed by atoms with E-state index in [1.165, 1.54) is 6.33 Å². The van der Waals surface area contributed by atoms with Crippen molar-refractivity contribution in [3.05, 3.63) is 16.9 Å². The zero-order valence-electron chi connectivity index (χ0n) is 3.75. The molecule has 5 nitrogen and oxygen atoms in total. The molecule has 3 N–H and O–H groups in total. The van der Waals surface area contributed by atoms with E-state index in [-0.39, 0.29) is 17.9 Å². The van der Waals surface area contributed by atoms with E-state index in [4.69, 9.17) is 0 Å². The Labute approximate surface area is 50.4 Å². The quantitative estimate of drug-likeness (QED) is 0.499. The first-order valence-electron chi connectivity index (χ1n) is 1.39. The second kappa shape index (κ2) is 4.35. The molecule has 1 aromatic rings. The molecule has 0 aliphatic rings. The van der Waals surface area contributed by atoms with Crippen LogP contribution >= 0.6 is 12.4 Å². The lowest BCUT2D eigenvalue weighted by Gasteiger charge is -1.47. The van der Waals surface area contributed by atoms with Crippen LogP contribution in [0, 0.1) is 0 Å². The highest BCUT2D eigenvalue weighted by Crippen LogP contribution is 1.51. The third-order valence-electron chi connectivity index (χ3n) is 0.371. The molecular formula is C2H5ClN2O3. The Morgan fingerprint density at radius 3 is 2.50 bits per heavy atom. The van der Waals surface area contributed by atoms with E-state index in [1.807, 2.05) is 0 Å². The fourth-order valence-corrected chi connectivity index (χ4v) is 0.180. The van der Waals surface area contributed by atoms with Gasteiger partial charge in [-0.2, -0.15) is 0 Å². The molecule has 1 heterocycles. The maximum Gasteiger partial charge on any atom is 0.438 e. The van der Waals surface area contributed by atoms with Crippen LogP contribution in [-0.4, -0.2) is 15.6 Å². The normalized spacial score (nSPS) is 6.50. The number of nitrogens with zero attached hydrogens (tertiary/aromatic N) is 1. The van der Waals surface area contributed by atoms with Crippen molar-refractivity contribution in [2.24, 2.45) is 0 Å². The number of aromatic amines is 1. The summed E-state index contributed by atoms with van der Waals surface area (Å²) in [5.41, 5.74) is 0. The first-order valence-corrected chi connectivity index (χ1v) is 1.39. The monoisotopic (exact) mass is 140 g/mol. The molecule has 0 radical (unpaired) electrons. The number of rotatable bonds is 0. The second-order valence-electron chi connectivity index (χ2n) is 0.758. The van der Waals surface area contributed by atoms with E-state index in [0.29, 0.717) is 0 Å². The number of hydrogen-bond acceptors (Lipinski definition) is 3. The topological polar surface area (TPSA) is 90.4 Å². The van der Waals surface area contributed by atoms with E-state index in [1.54, 1.807) is 0 Å². The number of halogens is 1. The predicted octanol–water partition coefficient (Wildman–Crippen LogP) is -1.04. The minimum Gasteiger partial charge on any atom is -0.412 e. The summed E-state index contributed by atoms with van der Waals surface area (Å²) in [4.78, 5) is 12.0. The van der Waals surface area contributed by atoms with Gasteiger partial charge in [0, 0.05) is 0 Å². The number of hydrogen-bond donors (Lipinski definition) is 1. The number of H-pyrrole nitrogens is 1. The summed E-state index contributed by atoms with van der Waals surface area (Å²) in [6.07, 6.45) is 1.18. The molecule has 1 aromatic heterocycles. The van der Waals surface area contributed by atoms with E-state index in [9.17, 15) is 4.79 Å². The van der Waals surface area contributed by atoms with Crippen molar-refractivity contribution in [1.29, 1.82) is 0 Å². The minimum absolute atomic E-state index is 0. The van der Waals surface area contributed by atoms with Gasteiger partial charge in [-0.3, -0.25) is 9.51 Å². The van der Waals surface area contributed by atoms with Gasteiger partial charge >= 0.3 is 5.76 Å². The molecule has 0 atom stereocenters. The Morgan fingerprint density at radius 2 is 2.38 bits per heavy atom. The van der Waals surface area contributed by atoms with Crippen LogP contribution in [-0.2, 0) is 0 Å². The third-order valence-corrected chi connectivity index (χ3v) is 0.371. The summed E-state index contributed by atoms with van der Waals surface area (Å²) in [6.45, 7) is 0.